The number of aryl methyl sites for hydroxylation is 1. The molecule has 1 unspecified atom stereocenters. The summed E-state index contributed by atoms with van der Waals surface area (Å²) >= 11 is 1.30. The molecule has 1 aliphatic heterocycles. The van der Waals surface area contributed by atoms with Gasteiger partial charge in [0.1, 0.15) is 11.0 Å². The first kappa shape index (κ1) is 25.4. The lowest BCUT2D eigenvalue weighted by Gasteiger charge is -2.22. The highest BCUT2D eigenvalue weighted by Crippen LogP contribution is 2.48. The van der Waals surface area contributed by atoms with E-state index in [1.807, 2.05) is 25.7 Å². The van der Waals surface area contributed by atoms with Crippen molar-refractivity contribution >= 4 is 17.2 Å². The quantitative estimate of drug-likeness (QED) is 0.376. The second-order valence-electron chi connectivity index (χ2n) is 10.6. The van der Waals surface area contributed by atoms with Crippen LogP contribution in [0.15, 0.2) is 48.8 Å². The van der Waals surface area contributed by atoms with Gasteiger partial charge in [0.15, 0.2) is 22.5 Å². The number of hydrogen-bond donors (Lipinski definition) is 1. The first-order valence-electron chi connectivity index (χ1n) is 12.6. The highest BCUT2D eigenvalue weighted by atomic mass is 32.1. The molecule has 2 fully saturated rings. The molecule has 200 valence electrons. The number of thiazole rings is 1. The first-order valence-corrected chi connectivity index (χ1v) is 13.4. The lowest BCUT2D eigenvalue weighted by Crippen LogP contribution is -2.33. The Balaban J connectivity index is 1.17. The number of carbonyl (C=O) groups is 1. The SMILES string of the molecule is Cc1nc(-c2ncccn2)sc1C(=O)N1C[C@@H]2C(Oc3cc(C(C)(C)N)cc(-c4ccc(F)c(F)c4)n3)[C@@H]2C1. The van der Waals surface area contributed by atoms with Crippen LogP contribution in [0.3, 0.4) is 0 Å². The predicted octanol–water partition coefficient (Wildman–Crippen LogP) is 4.59. The number of carbonyl (C=O) groups excluding carboxylic acids is 1. The maximum Gasteiger partial charge on any atom is 0.265 e. The number of rotatable bonds is 6. The molecule has 1 aromatic carbocycles. The molecule has 6 rings (SSSR count). The van der Waals surface area contributed by atoms with E-state index in [0.29, 0.717) is 51.6 Å². The van der Waals surface area contributed by atoms with Crippen LogP contribution in [0.1, 0.15) is 34.8 Å². The van der Waals surface area contributed by atoms with E-state index in [4.69, 9.17) is 10.5 Å². The van der Waals surface area contributed by atoms with Gasteiger partial charge in [-0.05, 0) is 56.7 Å². The van der Waals surface area contributed by atoms with Crippen molar-refractivity contribution in [2.75, 3.05) is 13.1 Å². The van der Waals surface area contributed by atoms with Crippen LogP contribution in [0.2, 0.25) is 0 Å². The number of ether oxygens (including phenoxy) is 1. The predicted molar refractivity (Wildman–Crippen MR) is 142 cm³/mol. The Kier molecular flexibility index (Phi) is 6.15. The van der Waals surface area contributed by atoms with Crippen molar-refractivity contribution < 1.29 is 18.3 Å². The molecular formula is C28H26F2N6O2S. The van der Waals surface area contributed by atoms with E-state index in [2.05, 4.69) is 19.9 Å². The summed E-state index contributed by atoms with van der Waals surface area (Å²) in [5, 5.41) is 0.618. The molecule has 3 atom stereocenters. The summed E-state index contributed by atoms with van der Waals surface area (Å²) in [7, 11) is 0. The smallest absolute Gasteiger partial charge is 0.265 e. The zero-order chi connectivity index (χ0) is 27.5. The van der Waals surface area contributed by atoms with E-state index in [9.17, 15) is 13.6 Å². The Morgan fingerprint density at radius 3 is 2.46 bits per heavy atom. The minimum atomic E-state index is -0.949. The number of hydrogen-bond acceptors (Lipinski definition) is 8. The second-order valence-corrected chi connectivity index (χ2v) is 11.6. The number of benzene rings is 1. The van der Waals surface area contributed by atoms with Crippen molar-refractivity contribution in [3.8, 4) is 28.0 Å². The Bertz CT molecular complexity index is 1560. The average Bonchev–Trinajstić information content (AvgIpc) is 3.22. The number of likely N-dealkylation sites (tertiary alicyclic amines) is 1. The third-order valence-electron chi connectivity index (χ3n) is 7.17. The van der Waals surface area contributed by atoms with Gasteiger partial charge in [0.05, 0.1) is 11.4 Å². The number of nitrogens with two attached hydrogens (primary N) is 1. The van der Waals surface area contributed by atoms with Gasteiger partial charge >= 0.3 is 0 Å². The van der Waals surface area contributed by atoms with E-state index in [1.54, 1.807) is 30.6 Å². The molecule has 8 nitrogen and oxygen atoms in total. The van der Waals surface area contributed by atoms with E-state index in [1.165, 1.54) is 17.4 Å². The Labute approximate surface area is 227 Å². The molecule has 4 aromatic rings. The van der Waals surface area contributed by atoms with E-state index >= 15 is 0 Å². The minimum absolute atomic E-state index is 0.0521. The van der Waals surface area contributed by atoms with Gasteiger partial charge in [0.2, 0.25) is 5.88 Å². The van der Waals surface area contributed by atoms with E-state index in [0.717, 1.165) is 17.7 Å². The number of nitrogens with zero attached hydrogens (tertiary/aromatic N) is 5. The maximum atomic E-state index is 13.9. The maximum absolute atomic E-state index is 13.9. The topological polar surface area (TPSA) is 107 Å². The summed E-state index contributed by atoms with van der Waals surface area (Å²) in [6.07, 6.45) is 3.20. The van der Waals surface area contributed by atoms with Crippen molar-refractivity contribution in [3.63, 3.8) is 0 Å². The minimum Gasteiger partial charge on any atom is -0.474 e. The Hall–Kier alpha value is -3.83. The molecule has 1 aliphatic carbocycles. The van der Waals surface area contributed by atoms with Crippen LogP contribution >= 0.6 is 11.3 Å². The van der Waals surface area contributed by atoms with E-state index in [-0.39, 0.29) is 23.8 Å². The van der Waals surface area contributed by atoms with Crippen LogP contribution in [0.4, 0.5) is 8.78 Å². The Morgan fingerprint density at radius 2 is 1.79 bits per heavy atom. The standard InChI is InChI=1S/C28H26F2N6O2S/c1-14-24(39-26(34-14)25-32-7-4-8-33-25)27(37)36-12-17-18(13-36)23(17)38-22-11-16(28(2,3)31)10-21(35-22)15-5-6-19(29)20(30)9-15/h4-11,17-18,23H,12-13,31H2,1-3H3/t17-,18+,23?. The summed E-state index contributed by atoms with van der Waals surface area (Å²) in [6, 6.07) is 8.95. The molecule has 1 saturated carbocycles. The number of piperidine rings is 1. The van der Waals surface area contributed by atoms with E-state index < -0.39 is 17.2 Å². The molecule has 1 saturated heterocycles. The molecule has 11 heteroatoms. The van der Waals surface area contributed by atoms with Crippen molar-refractivity contribution in [1.29, 1.82) is 0 Å². The largest absolute Gasteiger partial charge is 0.474 e. The molecule has 39 heavy (non-hydrogen) atoms. The molecule has 2 N–H and O–H groups in total. The van der Waals surface area contributed by atoms with Gasteiger partial charge in [0, 0.05) is 54.5 Å². The number of aromatic nitrogens is 4. The van der Waals surface area contributed by atoms with Crippen molar-refractivity contribution in [3.05, 3.63) is 76.6 Å². The lowest BCUT2D eigenvalue weighted by molar-refractivity contribution is 0.0755. The third kappa shape index (κ3) is 4.87. The van der Waals surface area contributed by atoms with Crippen LogP contribution in [0.25, 0.3) is 22.1 Å². The molecular weight excluding hydrogens is 522 g/mol. The fourth-order valence-corrected chi connectivity index (χ4v) is 5.92. The van der Waals surface area contributed by atoms with Gasteiger partial charge in [-0.1, -0.05) is 0 Å². The number of halogens is 2. The van der Waals surface area contributed by atoms with Gasteiger partial charge in [-0.25, -0.2) is 28.7 Å². The van der Waals surface area contributed by atoms with Crippen LogP contribution in [0.5, 0.6) is 5.88 Å². The van der Waals surface area contributed by atoms with Crippen LogP contribution in [0, 0.1) is 30.4 Å². The molecule has 2 aliphatic rings. The molecule has 3 aromatic heterocycles. The summed E-state index contributed by atoms with van der Waals surface area (Å²) in [6.45, 7) is 6.67. The third-order valence-corrected chi connectivity index (χ3v) is 8.31. The highest BCUT2D eigenvalue weighted by molar-refractivity contribution is 7.17. The van der Waals surface area contributed by atoms with Crippen LogP contribution < -0.4 is 10.5 Å². The monoisotopic (exact) mass is 548 g/mol. The van der Waals surface area contributed by atoms with Gasteiger partial charge in [-0.2, -0.15) is 0 Å². The van der Waals surface area contributed by atoms with Crippen LogP contribution in [-0.4, -0.2) is 49.9 Å². The van der Waals surface area contributed by atoms with Gasteiger partial charge in [0.25, 0.3) is 5.91 Å². The summed E-state index contributed by atoms with van der Waals surface area (Å²) in [4.78, 5) is 33.3. The van der Waals surface area contributed by atoms with Gasteiger partial charge in [-0.3, -0.25) is 4.79 Å². The van der Waals surface area contributed by atoms with Crippen LogP contribution in [-0.2, 0) is 5.54 Å². The first-order chi connectivity index (χ1) is 18.6. The summed E-state index contributed by atoms with van der Waals surface area (Å²) in [5.74, 6) is -0.689. The van der Waals surface area contributed by atoms with Crippen molar-refractivity contribution in [1.82, 2.24) is 24.8 Å². The summed E-state index contributed by atoms with van der Waals surface area (Å²) in [5.41, 5.74) is 7.94. The zero-order valence-corrected chi connectivity index (χ0v) is 22.4. The van der Waals surface area contributed by atoms with Crippen molar-refractivity contribution in [2.45, 2.75) is 32.4 Å². The second kappa shape index (κ2) is 9.42. The lowest BCUT2D eigenvalue weighted by atomic mass is 9.95. The van der Waals surface area contributed by atoms with Gasteiger partial charge < -0.3 is 15.4 Å². The normalized spacial score (nSPS) is 20.2. The number of fused-ring (bicyclic) bond motifs is 1. The molecule has 4 heterocycles. The molecule has 0 spiro atoms. The van der Waals surface area contributed by atoms with Crippen molar-refractivity contribution in [2.24, 2.45) is 17.6 Å². The van der Waals surface area contributed by atoms with Gasteiger partial charge in [-0.15, -0.1) is 11.3 Å². The average molecular weight is 549 g/mol. The molecule has 0 radical (unpaired) electrons. The molecule has 0 bridgehead atoms. The highest BCUT2D eigenvalue weighted by Gasteiger charge is 2.59. The number of pyridine rings is 1. The Morgan fingerprint density at radius 1 is 1.08 bits per heavy atom. The fraction of sp³-hybridized carbons (Fsp3) is 0.321. The number of amides is 1. The zero-order valence-electron chi connectivity index (χ0n) is 21.6. The summed E-state index contributed by atoms with van der Waals surface area (Å²) < 4.78 is 33.7. The fourth-order valence-electron chi connectivity index (χ4n) is 4.94. The molecule has 1 amide bonds.